The van der Waals surface area contributed by atoms with Gasteiger partial charge in [-0.3, -0.25) is 0 Å². The molecule has 0 fully saturated rings. The largest absolute Gasteiger partial charge is 0.342 e. The Balaban J connectivity index is 1.68. The van der Waals surface area contributed by atoms with Crippen molar-refractivity contribution in [3.63, 3.8) is 0 Å². The molecule has 3 aromatic carbocycles. The van der Waals surface area contributed by atoms with Crippen molar-refractivity contribution in [1.29, 1.82) is 0 Å². The minimum atomic E-state index is 0.912. The number of H-pyrrole nitrogens is 1. The number of nitrogens with one attached hydrogen (secondary N) is 1. The third kappa shape index (κ3) is 2.74. The van der Waals surface area contributed by atoms with E-state index in [2.05, 4.69) is 72.6 Å². The van der Waals surface area contributed by atoms with Crippen molar-refractivity contribution < 1.29 is 0 Å². The summed E-state index contributed by atoms with van der Waals surface area (Å²) in [4.78, 5) is 8.19. The molecular formula is C22H18N2. The Kier molecular flexibility index (Phi) is 3.72. The highest BCUT2D eigenvalue weighted by Gasteiger charge is 2.10. The molecule has 0 amide bonds. The van der Waals surface area contributed by atoms with Crippen LogP contribution in [0.25, 0.3) is 33.8 Å². The summed E-state index contributed by atoms with van der Waals surface area (Å²) in [6.07, 6.45) is 0. The Morgan fingerprint density at radius 3 is 1.71 bits per heavy atom. The van der Waals surface area contributed by atoms with Crippen molar-refractivity contribution in [3.8, 4) is 33.8 Å². The summed E-state index contributed by atoms with van der Waals surface area (Å²) in [7, 11) is 0. The Labute approximate surface area is 141 Å². The summed E-state index contributed by atoms with van der Waals surface area (Å²) in [5.41, 5.74) is 6.77. The Morgan fingerprint density at radius 2 is 1.08 bits per heavy atom. The van der Waals surface area contributed by atoms with Crippen LogP contribution in [0.1, 0.15) is 5.69 Å². The van der Waals surface area contributed by atoms with Gasteiger partial charge in [0.15, 0.2) is 0 Å². The summed E-state index contributed by atoms with van der Waals surface area (Å²) in [5.74, 6) is 0.912. The van der Waals surface area contributed by atoms with Crippen LogP contribution in [0.4, 0.5) is 0 Å². The molecule has 0 unspecified atom stereocenters. The van der Waals surface area contributed by atoms with Crippen LogP contribution in [0.5, 0.6) is 0 Å². The van der Waals surface area contributed by atoms with Gasteiger partial charge in [-0.05, 0) is 18.1 Å². The van der Waals surface area contributed by atoms with Crippen LogP contribution < -0.4 is 0 Å². The summed E-state index contributed by atoms with van der Waals surface area (Å²) in [5, 5.41) is 0. The molecule has 0 spiro atoms. The highest BCUT2D eigenvalue weighted by atomic mass is 14.9. The van der Waals surface area contributed by atoms with Gasteiger partial charge < -0.3 is 4.98 Å². The molecule has 116 valence electrons. The first kappa shape index (κ1) is 14.5. The van der Waals surface area contributed by atoms with Gasteiger partial charge in [0, 0.05) is 16.8 Å². The number of nitrogens with zero attached hydrogens (tertiary/aromatic N) is 1. The van der Waals surface area contributed by atoms with Crippen molar-refractivity contribution in [2.24, 2.45) is 0 Å². The second kappa shape index (κ2) is 6.17. The van der Waals surface area contributed by atoms with E-state index in [4.69, 9.17) is 4.98 Å². The van der Waals surface area contributed by atoms with E-state index in [0.29, 0.717) is 0 Å². The first-order valence-corrected chi connectivity index (χ1v) is 8.09. The molecule has 1 aromatic heterocycles. The average molecular weight is 310 g/mol. The van der Waals surface area contributed by atoms with Crippen molar-refractivity contribution >= 4 is 0 Å². The normalized spacial score (nSPS) is 10.7. The molecule has 0 atom stereocenters. The summed E-state index contributed by atoms with van der Waals surface area (Å²) in [6.45, 7) is 2.07. The molecule has 2 nitrogen and oxygen atoms in total. The minimum absolute atomic E-state index is 0.912. The molecule has 0 aliphatic rings. The summed E-state index contributed by atoms with van der Waals surface area (Å²) >= 11 is 0. The number of hydrogen-bond donors (Lipinski definition) is 1. The van der Waals surface area contributed by atoms with Gasteiger partial charge in [0.05, 0.1) is 5.69 Å². The number of benzene rings is 3. The van der Waals surface area contributed by atoms with E-state index >= 15 is 0 Å². The molecule has 1 heterocycles. The molecule has 0 saturated heterocycles. The highest BCUT2D eigenvalue weighted by molar-refractivity contribution is 5.71. The Morgan fingerprint density at radius 1 is 0.583 bits per heavy atom. The lowest BCUT2D eigenvalue weighted by molar-refractivity contribution is 1.26. The van der Waals surface area contributed by atoms with Gasteiger partial charge in [0.25, 0.3) is 0 Å². The SMILES string of the molecule is Cc1[nH]c(-c2ccccc2)nc1-c1ccc(-c2ccccc2)cc1. The zero-order valence-corrected chi connectivity index (χ0v) is 13.5. The van der Waals surface area contributed by atoms with Crippen molar-refractivity contribution in [2.45, 2.75) is 6.92 Å². The average Bonchev–Trinajstić information content (AvgIpc) is 3.05. The van der Waals surface area contributed by atoms with Crippen LogP contribution in [0.2, 0.25) is 0 Å². The van der Waals surface area contributed by atoms with Gasteiger partial charge >= 0.3 is 0 Å². The van der Waals surface area contributed by atoms with Crippen LogP contribution in [-0.4, -0.2) is 9.97 Å². The number of aromatic amines is 1. The quantitative estimate of drug-likeness (QED) is 0.515. The molecule has 1 N–H and O–H groups in total. The first-order chi connectivity index (χ1) is 11.8. The third-order valence-corrected chi connectivity index (χ3v) is 4.20. The number of hydrogen-bond acceptors (Lipinski definition) is 1. The summed E-state index contributed by atoms with van der Waals surface area (Å²) < 4.78 is 0. The van der Waals surface area contributed by atoms with Gasteiger partial charge in [0.2, 0.25) is 0 Å². The molecule has 0 saturated carbocycles. The van der Waals surface area contributed by atoms with E-state index < -0.39 is 0 Å². The molecule has 0 radical (unpaired) electrons. The van der Waals surface area contributed by atoms with Crippen LogP contribution in [-0.2, 0) is 0 Å². The lowest BCUT2D eigenvalue weighted by Gasteiger charge is -2.03. The van der Waals surface area contributed by atoms with E-state index in [-0.39, 0.29) is 0 Å². The Hall–Kier alpha value is -3.13. The molecule has 4 aromatic rings. The lowest BCUT2D eigenvalue weighted by Crippen LogP contribution is -1.83. The number of imidazole rings is 1. The molecule has 24 heavy (non-hydrogen) atoms. The fourth-order valence-corrected chi connectivity index (χ4v) is 2.93. The van der Waals surface area contributed by atoms with E-state index in [1.165, 1.54) is 11.1 Å². The number of aryl methyl sites for hydroxylation is 1. The lowest BCUT2D eigenvalue weighted by atomic mass is 10.0. The van der Waals surface area contributed by atoms with Crippen LogP contribution >= 0.6 is 0 Å². The topological polar surface area (TPSA) is 28.7 Å². The summed E-state index contributed by atoms with van der Waals surface area (Å²) in [6, 6.07) is 29.2. The van der Waals surface area contributed by atoms with Crippen molar-refractivity contribution in [3.05, 3.63) is 90.6 Å². The second-order valence-electron chi connectivity index (χ2n) is 5.87. The number of aromatic nitrogens is 2. The predicted molar refractivity (Wildman–Crippen MR) is 99.6 cm³/mol. The van der Waals surface area contributed by atoms with Gasteiger partial charge in [-0.15, -0.1) is 0 Å². The van der Waals surface area contributed by atoms with Gasteiger partial charge in [-0.2, -0.15) is 0 Å². The molecule has 0 bridgehead atoms. The first-order valence-electron chi connectivity index (χ1n) is 8.09. The van der Waals surface area contributed by atoms with Crippen molar-refractivity contribution in [2.75, 3.05) is 0 Å². The van der Waals surface area contributed by atoms with Crippen LogP contribution in [0, 0.1) is 6.92 Å². The van der Waals surface area contributed by atoms with E-state index in [1.54, 1.807) is 0 Å². The second-order valence-corrected chi connectivity index (χ2v) is 5.87. The van der Waals surface area contributed by atoms with Gasteiger partial charge in [-0.1, -0.05) is 84.9 Å². The van der Waals surface area contributed by atoms with Crippen LogP contribution in [0.15, 0.2) is 84.9 Å². The van der Waals surface area contributed by atoms with E-state index in [1.807, 2.05) is 24.3 Å². The van der Waals surface area contributed by atoms with E-state index in [9.17, 15) is 0 Å². The zero-order chi connectivity index (χ0) is 16.4. The predicted octanol–water partition coefficient (Wildman–Crippen LogP) is 5.72. The maximum Gasteiger partial charge on any atom is 0.138 e. The molecule has 4 rings (SSSR count). The fourth-order valence-electron chi connectivity index (χ4n) is 2.93. The monoisotopic (exact) mass is 310 g/mol. The van der Waals surface area contributed by atoms with Gasteiger partial charge in [-0.25, -0.2) is 4.98 Å². The van der Waals surface area contributed by atoms with E-state index in [0.717, 1.165) is 28.3 Å². The smallest absolute Gasteiger partial charge is 0.138 e. The molecular weight excluding hydrogens is 292 g/mol. The maximum atomic E-state index is 4.80. The molecule has 2 heteroatoms. The van der Waals surface area contributed by atoms with Crippen molar-refractivity contribution in [1.82, 2.24) is 9.97 Å². The number of rotatable bonds is 3. The fraction of sp³-hybridized carbons (Fsp3) is 0.0455. The molecule has 0 aliphatic heterocycles. The van der Waals surface area contributed by atoms with Crippen LogP contribution in [0.3, 0.4) is 0 Å². The zero-order valence-electron chi connectivity index (χ0n) is 13.5. The van der Waals surface area contributed by atoms with Gasteiger partial charge in [0.1, 0.15) is 5.82 Å². The molecule has 0 aliphatic carbocycles. The highest BCUT2D eigenvalue weighted by Crippen LogP contribution is 2.28. The standard InChI is InChI=1S/C22H18N2/c1-16-21(24-22(23-16)20-10-6-3-7-11-20)19-14-12-18(13-15-19)17-8-4-2-5-9-17/h2-15H,1H3,(H,23,24). The third-order valence-electron chi connectivity index (χ3n) is 4.20. The minimum Gasteiger partial charge on any atom is -0.342 e. The maximum absolute atomic E-state index is 4.80. The Bertz CT molecular complexity index is 936.